The molecule has 2 aliphatic heterocycles. The third-order valence-electron chi connectivity index (χ3n) is 6.46. The molecule has 152 valence electrons. The minimum Gasteiger partial charge on any atom is -0.378 e. The van der Waals surface area contributed by atoms with E-state index in [1.807, 2.05) is 4.90 Å². The van der Waals surface area contributed by atoms with Crippen LogP contribution in [0, 0.1) is 0 Å². The van der Waals surface area contributed by atoms with Gasteiger partial charge in [0, 0.05) is 55.1 Å². The Morgan fingerprint density at radius 1 is 1.14 bits per heavy atom. The van der Waals surface area contributed by atoms with Gasteiger partial charge in [0.2, 0.25) is 5.95 Å². The van der Waals surface area contributed by atoms with Crippen LogP contribution in [0.5, 0.6) is 0 Å². The van der Waals surface area contributed by atoms with Crippen molar-refractivity contribution in [3.8, 4) is 0 Å². The molecule has 8 heteroatoms. The molecular formula is C21H25N5O3. The summed E-state index contributed by atoms with van der Waals surface area (Å²) in [6, 6.07) is 3.51. The molecule has 2 aromatic heterocycles. The number of morpholine rings is 1. The summed E-state index contributed by atoms with van der Waals surface area (Å²) in [5, 5.41) is 0. The molecule has 0 bridgehead atoms. The number of aromatic nitrogens is 3. The van der Waals surface area contributed by atoms with Crippen LogP contribution in [0.25, 0.3) is 0 Å². The number of ether oxygens (including phenoxy) is 1. The predicted octanol–water partition coefficient (Wildman–Crippen LogP) is 1.12. The number of fused-ring (bicyclic) bond motifs is 2. The fourth-order valence-corrected chi connectivity index (χ4v) is 4.94. The molecule has 1 amide bonds. The van der Waals surface area contributed by atoms with Gasteiger partial charge in [-0.1, -0.05) is 0 Å². The first-order chi connectivity index (χ1) is 14.2. The summed E-state index contributed by atoms with van der Waals surface area (Å²) in [4.78, 5) is 41.8. The van der Waals surface area contributed by atoms with E-state index in [2.05, 4.69) is 14.9 Å². The first kappa shape index (κ1) is 18.3. The van der Waals surface area contributed by atoms with Gasteiger partial charge in [-0.25, -0.2) is 4.98 Å². The van der Waals surface area contributed by atoms with Gasteiger partial charge in [0.1, 0.15) is 0 Å². The number of likely N-dealkylation sites (tertiary alicyclic amines) is 1. The molecule has 1 aliphatic carbocycles. The Bertz CT molecular complexity index is 970. The van der Waals surface area contributed by atoms with Crippen LogP contribution >= 0.6 is 0 Å². The smallest absolute Gasteiger partial charge is 0.255 e. The maximum absolute atomic E-state index is 13.0. The zero-order valence-corrected chi connectivity index (χ0v) is 16.4. The molecule has 29 heavy (non-hydrogen) atoms. The lowest BCUT2D eigenvalue weighted by molar-refractivity contribution is 0.0633. The zero-order valence-electron chi connectivity index (χ0n) is 16.4. The highest BCUT2D eigenvalue weighted by Crippen LogP contribution is 2.43. The van der Waals surface area contributed by atoms with Gasteiger partial charge in [-0.15, -0.1) is 0 Å². The Balaban J connectivity index is 1.47. The fraction of sp³-hybridized carbons (Fsp3) is 0.524. The van der Waals surface area contributed by atoms with E-state index in [0.717, 1.165) is 56.6 Å². The number of amides is 1. The van der Waals surface area contributed by atoms with Gasteiger partial charge >= 0.3 is 0 Å². The lowest BCUT2D eigenvalue weighted by Crippen LogP contribution is -2.48. The van der Waals surface area contributed by atoms with Crippen molar-refractivity contribution in [2.45, 2.75) is 31.1 Å². The summed E-state index contributed by atoms with van der Waals surface area (Å²) in [5.74, 6) is 0.661. The zero-order chi connectivity index (χ0) is 19.8. The maximum atomic E-state index is 13.0. The van der Waals surface area contributed by atoms with Gasteiger partial charge in [0.05, 0.1) is 18.9 Å². The Morgan fingerprint density at radius 2 is 1.93 bits per heavy atom. The monoisotopic (exact) mass is 395 g/mol. The second-order valence-electron chi connectivity index (χ2n) is 8.16. The average Bonchev–Trinajstić information content (AvgIpc) is 3.12. The molecule has 3 aliphatic rings. The van der Waals surface area contributed by atoms with E-state index in [4.69, 9.17) is 9.72 Å². The highest BCUT2D eigenvalue weighted by Gasteiger charge is 2.46. The average molecular weight is 395 g/mol. The molecule has 1 spiro atoms. The van der Waals surface area contributed by atoms with E-state index in [9.17, 15) is 9.59 Å². The Labute approximate surface area is 168 Å². The Morgan fingerprint density at radius 3 is 2.72 bits per heavy atom. The third-order valence-corrected chi connectivity index (χ3v) is 6.46. The molecule has 1 atom stereocenters. The van der Waals surface area contributed by atoms with Crippen LogP contribution in [-0.4, -0.2) is 65.2 Å². The lowest BCUT2D eigenvalue weighted by atomic mass is 9.77. The number of H-pyrrole nitrogens is 1. The minimum atomic E-state index is -0.231. The molecule has 2 saturated heterocycles. The van der Waals surface area contributed by atoms with Crippen LogP contribution in [0.2, 0.25) is 0 Å². The third kappa shape index (κ3) is 3.21. The second-order valence-corrected chi connectivity index (χ2v) is 8.16. The van der Waals surface area contributed by atoms with Crippen LogP contribution in [0.3, 0.4) is 0 Å². The normalized spacial score (nSPS) is 24.0. The van der Waals surface area contributed by atoms with E-state index in [1.165, 1.54) is 0 Å². The highest BCUT2D eigenvalue weighted by atomic mass is 16.5. The van der Waals surface area contributed by atoms with E-state index >= 15 is 0 Å². The number of rotatable bonds is 2. The summed E-state index contributed by atoms with van der Waals surface area (Å²) >= 11 is 0. The molecule has 5 rings (SSSR count). The number of nitrogens with zero attached hydrogens (tertiary/aromatic N) is 4. The fourth-order valence-electron chi connectivity index (χ4n) is 4.94. The SMILES string of the molecule is O=C(c1ccncc1)N1CCCC2(CCc3c2nc(N2CCOCC2)[nH]c3=O)C1. The number of piperidine rings is 1. The van der Waals surface area contributed by atoms with Crippen molar-refractivity contribution in [3.05, 3.63) is 51.7 Å². The minimum absolute atomic E-state index is 0.0261. The van der Waals surface area contributed by atoms with Crippen molar-refractivity contribution >= 4 is 11.9 Å². The van der Waals surface area contributed by atoms with Crippen LogP contribution in [0.1, 0.15) is 40.9 Å². The van der Waals surface area contributed by atoms with Crippen molar-refractivity contribution in [3.63, 3.8) is 0 Å². The predicted molar refractivity (Wildman–Crippen MR) is 107 cm³/mol. The molecule has 2 fully saturated rings. The molecular weight excluding hydrogens is 370 g/mol. The van der Waals surface area contributed by atoms with E-state index in [-0.39, 0.29) is 16.9 Å². The molecule has 0 aromatic carbocycles. The number of hydrogen-bond acceptors (Lipinski definition) is 6. The van der Waals surface area contributed by atoms with Gasteiger partial charge in [0.25, 0.3) is 11.5 Å². The highest BCUT2D eigenvalue weighted by molar-refractivity contribution is 5.94. The molecule has 2 aromatic rings. The second kappa shape index (κ2) is 7.26. The number of pyridine rings is 1. The Kier molecular flexibility index (Phi) is 4.58. The number of carbonyl (C=O) groups is 1. The van der Waals surface area contributed by atoms with Crippen molar-refractivity contribution in [2.75, 3.05) is 44.3 Å². The molecule has 1 N–H and O–H groups in total. The van der Waals surface area contributed by atoms with E-state index < -0.39 is 0 Å². The van der Waals surface area contributed by atoms with Crippen LogP contribution in [0.15, 0.2) is 29.3 Å². The largest absolute Gasteiger partial charge is 0.378 e. The van der Waals surface area contributed by atoms with E-state index in [1.54, 1.807) is 24.5 Å². The van der Waals surface area contributed by atoms with Crippen molar-refractivity contribution < 1.29 is 9.53 Å². The summed E-state index contributed by atoms with van der Waals surface area (Å²) in [7, 11) is 0. The molecule has 1 unspecified atom stereocenters. The Hall–Kier alpha value is -2.74. The topological polar surface area (TPSA) is 91.4 Å². The molecule has 8 nitrogen and oxygen atoms in total. The summed E-state index contributed by atoms with van der Waals surface area (Å²) in [6.07, 6.45) is 6.75. The lowest BCUT2D eigenvalue weighted by Gasteiger charge is -2.40. The van der Waals surface area contributed by atoms with Crippen LogP contribution in [-0.2, 0) is 16.6 Å². The number of anilines is 1. The number of aromatic amines is 1. The first-order valence-electron chi connectivity index (χ1n) is 10.3. The van der Waals surface area contributed by atoms with Crippen LogP contribution < -0.4 is 10.5 Å². The maximum Gasteiger partial charge on any atom is 0.255 e. The summed E-state index contributed by atoms with van der Waals surface area (Å²) in [6.45, 7) is 4.07. The van der Waals surface area contributed by atoms with Gasteiger partial charge in [-0.05, 0) is 37.8 Å². The van der Waals surface area contributed by atoms with Crippen molar-refractivity contribution in [2.24, 2.45) is 0 Å². The van der Waals surface area contributed by atoms with Gasteiger partial charge in [-0.2, -0.15) is 0 Å². The van der Waals surface area contributed by atoms with Crippen molar-refractivity contribution in [1.82, 2.24) is 19.9 Å². The van der Waals surface area contributed by atoms with Crippen LogP contribution in [0.4, 0.5) is 5.95 Å². The molecule has 0 radical (unpaired) electrons. The number of nitrogens with one attached hydrogen (secondary N) is 1. The van der Waals surface area contributed by atoms with Crippen molar-refractivity contribution in [1.29, 1.82) is 0 Å². The standard InChI is InChI=1S/C21H25N5O3/c27-18-16-2-6-21(17(16)23-20(24-18)25-10-12-29-13-11-25)5-1-9-26(14-21)19(28)15-3-7-22-8-4-15/h3-4,7-8H,1-2,5-6,9-14H2,(H,23,24,27). The molecule has 4 heterocycles. The first-order valence-corrected chi connectivity index (χ1v) is 10.3. The quantitative estimate of drug-likeness (QED) is 0.820. The summed E-state index contributed by atoms with van der Waals surface area (Å²) < 4.78 is 5.43. The van der Waals surface area contributed by atoms with Gasteiger partial charge in [-0.3, -0.25) is 19.6 Å². The number of hydrogen-bond donors (Lipinski definition) is 1. The van der Waals surface area contributed by atoms with Gasteiger partial charge < -0.3 is 14.5 Å². The van der Waals surface area contributed by atoms with E-state index in [0.29, 0.717) is 31.3 Å². The number of carbonyl (C=O) groups excluding carboxylic acids is 1. The van der Waals surface area contributed by atoms with Gasteiger partial charge in [0.15, 0.2) is 0 Å². The molecule has 0 saturated carbocycles. The summed E-state index contributed by atoms with van der Waals surface area (Å²) in [5.41, 5.74) is 2.08.